The lowest BCUT2D eigenvalue weighted by Crippen LogP contribution is -2.85. The minimum atomic E-state index is 0.587. The van der Waals surface area contributed by atoms with E-state index in [4.69, 9.17) is 0 Å². The van der Waals surface area contributed by atoms with Crippen molar-refractivity contribution in [3.05, 3.63) is 42.2 Å². The fourth-order valence-electron chi connectivity index (χ4n) is 1.55. The number of hydrogen-bond acceptors (Lipinski definition) is 1. The highest BCUT2D eigenvalue weighted by Crippen LogP contribution is 2.12. The zero-order valence-electron chi connectivity index (χ0n) is 6.98. The Hall–Kier alpha value is -1.15. The maximum atomic E-state index is 4.12. The average Bonchev–Trinajstić information content (AvgIpc) is 2.21. The molecular formula is C10H13N2+. The third-order valence-electron chi connectivity index (χ3n) is 2.23. The van der Waals surface area contributed by atoms with Crippen molar-refractivity contribution in [2.24, 2.45) is 0 Å². The Kier molecular flexibility index (Phi) is 2.19. The van der Waals surface area contributed by atoms with Gasteiger partial charge in [0, 0.05) is 24.4 Å². The summed E-state index contributed by atoms with van der Waals surface area (Å²) < 4.78 is 0. The molecule has 2 rings (SSSR count). The Labute approximate surface area is 72.3 Å². The lowest BCUT2D eigenvalue weighted by molar-refractivity contribution is -0.690. The van der Waals surface area contributed by atoms with E-state index in [-0.39, 0.29) is 0 Å². The molecule has 0 unspecified atom stereocenters. The van der Waals surface area contributed by atoms with Crippen LogP contribution in [-0.4, -0.2) is 11.5 Å². The first-order chi connectivity index (χ1) is 5.97. The lowest BCUT2D eigenvalue weighted by Gasteiger charge is -2.15. The summed E-state index contributed by atoms with van der Waals surface area (Å²) in [5, 5.41) is 2.34. The second-order valence-corrected chi connectivity index (χ2v) is 3.07. The molecule has 2 heterocycles. The molecule has 0 bridgehead atoms. The Morgan fingerprint density at radius 3 is 3.08 bits per heavy atom. The fourth-order valence-corrected chi connectivity index (χ4v) is 1.55. The van der Waals surface area contributed by atoms with Crippen LogP contribution in [0, 0.1) is 0 Å². The summed E-state index contributed by atoms with van der Waals surface area (Å²) in [5.41, 5.74) is 1.34. The standard InChI is InChI=1S/C10H12N2/c1-2-7-12-10(5-1)9-4-3-6-11-8-9/h1-4,6,8,10,12H,5,7H2/p+1/t10-/m0/s1. The SMILES string of the molecule is C1=CC[C@@H](c2cccnc2)[NH2+]C1. The summed E-state index contributed by atoms with van der Waals surface area (Å²) in [5.74, 6) is 0. The highest BCUT2D eigenvalue weighted by molar-refractivity contribution is 5.13. The Balaban J connectivity index is 2.15. The van der Waals surface area contributed by atoms with Crippen molar-refractivity contribution in [1.82, 2.24) is 4.98 Å². The molecular weight excluding hydrogens is 148 g/mol. The number of nitrogens with two attached hydrogens (primary N) is 1. The van der Waals surface area contributed by atoms with E-state index in [0.29, 0.717) is 6.04 Å². The number of quaternary nitrogens is 1. The van der Waals surface area contributed by atoms with Crippen LogP contribution in [0.1, 0.15) is 18.0 Å². The molecule has 0 aromatic carbocycles. The molecule has 0 spiro atoms. The number of rotatable bonds is 1. The summed E-state index contributed by atoms with van der Waals surface area (Å²) in [7, 11) is 0. The minimum absolute atomic E-state index is 0.587. The normalized spacial score (nSPS) is 22.5. The van der Waals surface area contributed by atoms with Crippen molar-refractivity contribution in [1.29, 1.82) is 0 Å². The van der Waals surface area contributed by atoms with E-state index < -0.39 is 0 Å². The second kappa shape index (κ2) is 3.50. The van der Waals surface area contributed by atoms with Gasteiger partial charge in [-0.05, 0) is 12.1 Å². The topological polar surface area (TPSA) is 29.5 Å². The van der Waals surface area contributed by atoms with Crippen LogP contribution >= 0.6 is 0 Å². The molecule has 0 saturated carbocycles. The molecule has 62 valence electrons. The number of pyridine rings is 1. The summed E-state index contributed by atoms with van der Waals surface area (Å²) in [6, 6.07) is 4.73. The van der Waals surface area contributed by atoms with Crippen molar-refractivity contribution < 1.29 is 5.32 Å². The van der Waals surface area contributed by atoms with Gasteiger partial charge in [-0.25, -0.2) is 0 Å². The van der Waals surface area contributed by atoms with Gasteiger partial charge < -0.3 is 5.32 Å². The average molecular weight is 161 g/mol. The van der Waals surface area contributed by atoms with Crippen molar-refractivity contribution >= 4 is 0 Å². The first-order valence-electron chi connectivity index (χ1n) is 4.35. The van der Waals surface area contributed by atoms with Crippen LogP contribution in [0.25, 0.3) is 0 Å². The molecule has 2 nitrogen and oxygen atoms in total. The summed E-state index contributed by atoms with van der Waals surface area (Å²) in [4.78, 5) is 4.12. The number of nitrogens with zero attached hydrogens (tertiary/aromatic N) is 1. The quantitative estimate of drug-likeness (QED) is 0.602. The van der Waals surface area contributed by atoms with Gasteiger partial charge in [-0.3, -0.25) is 4.98 Å². The van der Waals surface area contributed by atoms with Gasteiger partial charge in [0.2, 0.25) is 0 Å². The van der Waals surface area contributed by atoms with Gasteiger partial charge in [-0.2, -0.15) is 0 Å². The van der Waals surface area contributed by atoms with Crippen LogP contribution in [0.2, 0.25) is 0 Å². The maximum Gasteiger partial charge on any atom is 0.117 e. The van der Waals surface area contributed by atoms with E-state index in [1.807, 2.05) is 18.5 Å². The van der Waals surface area contributed by atoms with Crippen molar-refractivity contribution in [3.8, 4) is 0 Å². The molecule has 0 aliphatic carbocycles. The monoisotopic (exact) mass is 161 g/mol. The van der Waals surface area contributed by atoms with E-state index in [2.05, 4.69) is 28.5 Å². The number of aromatic nitrogens is 1. The molecule has 0 amide bonds. The van der Waals surface area contributed by atoms with Gasteiger partial charge in [0.1, 0.15) is 6.04 Å². The highest BCUT2D eigenvalue weighted by atomic mass is 14.9. The first-order valence-corrected chi connectivity index (χ1v) is 4.35. The van der Waals surface area contributed by atoms with Gasteiger partial charge in [-0.15, -0.1) is 0 Å². The van der Waals surface area contributed by atoms with E-state index >= 15 is 0 Å². The summed E-state index contributed by atoms with van der Waals surface area (Å²) >= 11 is 0. The van der Waals surface area contributed by atoms with Crippen LogP contribution in [-0.2, 0) is 0 Å². The summed E-state index contributed by atoms with van der Waals surface area (Å²) in [6.45, 7) is 1.10. The van der Waals surface area contributed by atoms with E-state index in [1.54, 1.807) is 0 Å². The van der Waals surface area contributed by atoms with Crippen LogP contribution < -0.4 is 5.32 Å². The Morgan fingerprint density at radius 1 is 1.42 bits per heavy atom. The first kappa shape index (κ1) is 7.50. The van der Waals surface area contributed by atoms with Gasteiger partial charge in [0.25, 0.3) is 0 Å². The zero-order chi connectivity index (χ0) is 8.23. The van der Waals surface area contributed by atoms with E-state index in [0.717, 1.165) is 13.0 Å². The second-order valence-electron chi connectivity index (χ2n) is 3.07. The van der Waals surface area contributed by atoms with Crippen LogP contribution in [0.3, 0.4) is 0 Å². The lowest BCUT2D eigenvalue weighted by atomic mass is 10.0. The molecule has 2 N–H and O–H groups in total. The number of hydrogen-bond donors (Lipinski definition) is 1. The van der Waals surface area contributed by atoms with E-state index in [1.165, 1.54) is 5.56 Å². The Morgan fingerprint density at radius 2 is 2.42 bits per heavy atom. The predicted molar refractivity (Wildman–Crippen MR) is 47.5 cm³/mol. The molecule has 0 radical (unpaired) electrons. The van der Waals surface area contributed by atoms with Gasteiger partial charge >= 0.3 is 0 Å². The van der Waals surface area contributed by atoms with Crippen molar-refractivity contribution in [2.45, 2.75) is 12.5 Å². The molecule has 0 saturated heterocycles. The molecule has 1 aliphatic rings. The van der Waals surface area contributed by atoms with E-state index in [9.17, 15) is 0 Å². The highest BCUT2D eigenvalue weighted by Gasteiger charge is 2.14. The largest absolute Gasteiger partial charge is 0.337 e. The zero-order valence-corrected chi connectivity index (χ0v) is 6.98. The smallest absolute Gasteiger partial charge is 0.117 e. The fraction of sp³-hybridized carbons (Fsp3) is 0.300. The molecule has 12 heavy (non-hydrogen) atoms. The minimum Gasteiger partial charge on any atom is -0.337 e. The third kappa shape index (κ3) is 1.53. The maximum absolute atomic E-state index is 4.12. The third-order valence-corrected chi connectivity index (χ3v) is 2.23. The van der Waals surface area contributed by atoms with Gasteiger partial charge in [-0.1, -0.05) is 12.1 Å². The van der Waals surface area contributed by atoms with Gasteiger partial charge in [0.15, 0.2) is 0 Å². The molecule has 2 heteroatoms. The summed E-state index contributed by atoms with van der Waals surface area (Å²) in [6.07, 6.45) is 9.37. The van der Waals surface area contributed by atoms with Crippen molar-refractivity contribution in [2.75, 3.05) is 6.54 Å². The Bertz CT molecular complexity index is 266. The molecule has 0 fully saturated rings. The molecule has 1 aromatic heterocycles. The predicted octanol–water partition coefficient (Wildman–Crippen LogP) is 0.646. The molecule has 1 aliphatic heterocycles. The molecule has 1 atom stereocenters. The van der Waals surface area contributed by atoms with Crippen LogP contribution in [0.15, 0.2) is 36.7 Å². The van der Waals surface area contributed by atoms with Crippen LogP contribution in [0.4, 0.5) is 0 Å². The van der Waals surface area contributed by atoms with Crippen LogP contribution in [0.5, 0.6) is 0 Å². The molecule has 1 aromatic rings. The van der Waals surface area contributed by atoms with Crippen molar-refractivity contribution in [3.63, 3.8) is 0 Å². The van der Waals surface area contributed by atoms with Gasteiger partial charge in [0.05, 0.1) is 6.54 Å².